The Labute approximate surface area is 192 Å². The van der Waals surface area contributed by atoms with Gasteiger partial charge < -0.3 is 15.7 Å². The quantitative estimate of drug-likeness (QED) is 0.398. The maximum Gasteiger partial charge on any atom is 0.423 e. The lowest BCUT2D eigenvalue weighted by Gasteiger charge is -2.32. The van der Waals surface area contributed by atoms with Gasteiger partial charge in [-0.25, -0.2) is 0 Å². The number of rotatable bonds is 8. The van der Waals surface area contributed by atoms with E-state index in [-0.39, 0.29) is 21.0 Å². The fourth-order valence-electron chi connectivity index (χ4n) is 2.99. The molecule has 0 spiro atoms. The van der Waals surface area contributed by atoms with Crippen LogP contribution in [0.3, 0.4) is 0 Å². The summed E-state index contributed by atoms with van der Waals surface area (Å²) < 4.78 is 41.2. The van der Waals surface area contributed by atoms with E-state index in [9.17, 15) is 23.1 Å². The zero-order valence-electron chi connectivity index (χ0n) is 16.2. The Morgan fingerprint density at radius 3 is 2.16 bits per heavy atom. The summed E-state index contributed by atoms with van der Waals surface area (Å²) in [5.41, 5.74) is -2.61. The highest BCUT2D eigenvalue weighted by molar-refractivity contribution is 6.48. The first-order valence-electron chi connectivity index (χ1n) is 9.53. The van der Waals surface area contributed by atoms with E-state index >= 15 is 0 Å². The smallest absolute Gasteiger partial charge is 0.381 e. The van der Waals surface area contributed by atoms with Gasteiger partial charge in [0.15, 0.2) is 0 Å². The van der Waals surface area contributed by atoms with E-state index in [1.807, 2.05) is 0 Å². The van der Waals surface area contributed by atoms with E-state index in [4.69, 9.17) is 34.8 Å². The molecule has 10 heteroatoms. The van der Waals surface area contributed by atoms with E-state index in [1.165, 1.54) is 0 Å². The van der Waals surface area contributed by atoms with Gasteiger partial charge in [-0.2, -0.15) is 13.2 Å². The van der Waals surface area contributed by atoms with E-state index in [1.54, 1.807) is 24.3 Å². The van der Waals surface area contributed by atoms with E-state index in [0.717, 1.165) is 30.5 Å². The van der Waals surface area contributed by atoms with Crippen LogP contribution in [0, 0.1) is 5.92 Å². The van der Waals surface area contributed by atoms with Gasteiger partial charge in [0.05, 0.1) is 21.6 Å². The van der Waals surface area contributed by atoms with Crippen LogP contribution in [0.4, 0.5) is 18.9 Å². The van der Waals surface area contributed by atoms with Gasteiger partial charge in [0.2, 0.25) is 11.5 Å². The number of aliphatic hydroxyl groups is 1. The third-order valence-electron chi connectivity index (χ3n) is 5.09. The lowest BCUT2D eigenvalue weighted by Crippen LogP contribution is -2.47. The van der Waals surface area contributed by atoms with Crippen LogP contribution >= 0.6 is 34.8 Å². The summed E-state index contributed by atoms with van der Waals surface area (Å²) in [4.78, 5) is 11.8. The van der Waals surface area contributed by atoms with Crippen LogP contribution < -0.4 is 10.6 Å². The molecular formula is C21H20Cl3F3N2O2. The minimum absolute atomic E-state index is 0.0137. The summed E-state index contributed by atoms with van der Waals surface area (Å²) in [6.07, 6.45) is -2.31. The van der Waals surface area contributed by atoms with Gasteiger partial charge in [-0.1, -0.05) is 46.9 Å². The summed E-state index contributed by atoms with van der Waals surface area (Å²) >= 11 is 17.5. The zero-order valence-corrected chi connectivity index (χ0v) is 18.5. The number of hydrogen-bond donors (Lipinski definition) is 3. The van der Waals surface area contributed by atoms with Gasteiger partial charge >= 0.3 is 6.18 Å². The molecule has 1 amide bonds. The monoisotopic (exact) mass is 494 g/mol. The number of carbonyl (C=O) groups excluding carboxylic acids is 1. The molecule has 1 aliphatic carbocycles. The molecule has 4 nitrogen and oxygen atoms in total. The average molecular weight is 496 g/mol. The molecular weight excluding hydrogens is 476 g/mol. The highest BCUT2D eigenvalue weighted by Crippen LogP contribution is 2.43. The first-order valence-corrected chi connectivity index (χ1v) is 10.7. The van der Waals surface area contributed by atoms with Crippen molar-refractivity contribution in [2.75, 3.05) is 11.9 Å². The van der Waals surface area contributed by atoms with Crippen molar-refractivity contribution in [1.29, 1.82) is 0 Å². The van der Waals surface area contributed by atoms with Crippen LogP contribution in [0.25, 0.3) is 0 Å². The molecule has 1 saturated carbocycles. The lowest BCUT2D eigenvalue weighted by atomic mass is 9.92. The number of alkyl halides is 3. The van der Waals surface area contributed by atoms with Crippen molar-refractivity contribution in [3.8, 4) is 0 Å². The van der Waals surface area contributed by atoms with Crippen molar-refractivity contribution in [3.63, 3.8) is 0 Å². The van der Waals surface area contributed by atoms with Gasteiger partial charge in [-0.15, -0.1) is 0 Å². The van der Waals surface area contributed by atoms with E-state index in [0.29, 0.717) is 24.6 Å². The number of benzene rings is 2. The second-order valence-corrected chi connectivity index (χ2v) is 8.78. The van der Waals surface area contributed by atoms with Gasteiger partial charge in [0.1, 0.15) is 0 Å². The normalized spacial score (nSPS) is 16.0. The van der Waals surface area contributed by atoms with Crippen molar-refractivity contribution in [2.45, 2.75) is 37.6 Å². The van der Waals surface area contributed by atoms with Crippen LogP contribution in [0.15, 0.2) is 36.4 Å². The van der Waals surface area contributed by atoms with E-state index < -0.39 is 23.9 Å². The zero-order chi connectivity index (χ0) is 22.8. The first kappa shape index (κ1) is 24.0. The molecule has 2 aromatic rings. The Hall–Kier alpha value is -1.67. The minimum Gasteiger partial charge on any atom is -0.381 e. The number of amides is 1. The van der Waals surface area contributed by atoms with E-state index in [2.05, 4.69) is 10.6 Å². The maximum atomic E-state index is 13.7. The highest BCUT2D eigenvalue weighted by Gasteiger charge is 2.55. The molecule has 1 atom stereocenters. The molecule has 0 radical (unpaired) electrons. The predicted molar refractivity (Wildman–Crippen MR) is 116 cm³/mol. The van der Waals surface area contributed by atoms with Gasteiger partial charge in [0.25, 0.3) is 0 Å². The number of anilines is 1. The third-order valence-corrected chi connectivity index (χ3v) is 6.29. The summed E-state index contributed by atoms with van der Waals surface area (Å²) in [6, 6.07) is 8.39. The summed E-state index contributed by atoms with van der Waals surface area (Å²) in [6.45, 7) is -0.539. The molecule has 0 saturated heterocycles. The van der Waals surface area contributed by atoms with Crippen LogP contribution in [-0.2, 0) is 16.9 Å². The largest absolute Gasteiger partial charge is 0.423 e. The summed E-state index contributed by atoms with van der Waals surface area (Å²) in [5, 5.41) is 15.4. The molecule has 0 aromatic heterocycles. The standard InChI is InChI=1S/C21H20Cl3F3N2O2/c22-16-8-14(9-17(23)19(16)24)20(31,21(25,26)27)11-29-15-5-3-13(4-6-15)10-28-18(30)7-12-1-2-12/h3-6,8-9,12,29,31H,1-2,7,10-11H2,(H,28,30)/t20-/m0/s1. The Morgan fingerprint density at radius 1 is 1.06 bits per heavy atom. The average Bonchev–Trinajstić information content (AvgIpc) is 3.52. The molecule has 2 aromatic carbocycles. The summed E-state index contributed by atoms with van der Waals surface area (Å²) in [5.74, 6) is 0.476. The van der Waals surface area contributed by atoms with Gasteiger partial charge in [-0.05, 0) is 54.2 Å². The number of nitrogens with one attached hydrogen (secondary N) is 2. The van der Waals surface area contributed by atoms with Crippen LogP contribution in [0.2, 0.25) is 15.1 Å². The number of halogens is 6. The van der Waals surface area contributed by atoms with Crippen molar-refractivity contribution in [2.24, 2.45) is 5.92 Å². The Kier molecular flexibility index (Phi) is 7.31. The van der Waals surface area contributed by atoms with Crippen molar-refractivity contribution >= 4 is 46.4 Å². The maximum absolute atomic E-state index is 13.7. The molecule has 31 heavy (non-hydrogen) atoms. The van der Waals surface area contributed by atoms with Crippen LogP contribution in [0.5, 0.6) is 0 Å². The molecule has 0 aliphatic heterocycles. The second-order valence-electron chi connectivity index (χ2n) is 7.59. The molecule has 0 heterocycles. The minimum atomic E-state index is -5.01. The highest BCUT2D eigenvalue weighted by atomic mass is 35.5. The topological polar surface area (TPSA) is 61.4 Å². The molecule has 1 aliphatic rings. The Bertz CT molecular complexity index is 927. The fraction of sp³-hybridized carbons (Fsp3) is 0.381. The number of carbonyl (C=O) groups is 1. The number of hydrogen-bond acceptors (Lipinski definition) is 3. The lowest BCUT2D eigenvalue weighted by molar-refractivity contribution is -0.260. The van der Waals surface area contributed by atoms with Crippen molar-refractivity contribution in [3.05, 3.63) is 62.6 Å². The van der Waals surface area contributed by atoms with Crippen molar-refractivity contribution < 1.29 is 23.1 Å². The molecule has 3 N–H and O–H groups in total. The van der Waals surface area contributed by atoms with Gasteiger partial charge in [0, 0.05) is 18.7 Å². The molecule has 168 valence electrons. The Morgan fingerprint density at radius 2 is 1.65 bits per heavy atom. The summed E-state index contributed by atoms with van der Waals surface area (Å²) in [7, 11) is 0. The van der Waals surface area contributed by atoms with Gasteiger partial charge in [-0.3, -0.25) is 4.79 Å². The molecule has 3 rings (SSSR count). The SMILES string of the molecule is O=C(CC1CC1)NCc1ccc(NC[C@](O)(c2cc(Cl)c(Cl)c(Cl)c2)C(F)(F)F)cc1. The Balaban J connectivity index is 1.67. The first-order chi connectivity index (χ1) is 14.5. The second kappa shape index (κ2) is 9.45. The predicted octanol–water partition coefficient (Wildman–Crippen LogP) is 5.93. The van der Waals surface area contributed by atoms with Crippen LogP contribution in [0.1, 0.15) is 30.4 Å². The fourth-order valence-corrected chi connectivity index (χ4v) is 3.58. The van der Waals surface area contributed by atoms with Crippen LogP contribution in [-0.4, -0.2) is 23.7 Å². The molecule has 0 unspecified atom stereocenters. The molecule has 0 bridgehead atoms. The molecule has 1 fully saturated rings. The van der Waals surface area contributed by atoms with Crippen molar-refractivity contribution in [1.82, 2.24) is 5.32 Å². The third kappa shape index (κ3) is 5.98.